The third-order valence-corrected chi connectivity index (χ3v) is 14.8. The number of nitro benzene ring substituents is 1. The van der Waals surface area contributed by atoms with Gasteiger partial charge in [-0.05, 0) is 101 Å². The monoisotopic (exact) mass is 1050 g/mol. The van der Waals surface area contributed by atoms with Crippen LogP contribution >= 0.6 is 0 Å². The van der Waals surface area contributed by atoms with Crippen LogP contribution in [0.2, 0.25) is 0 Å². The SMILES string of the molecule is COc1ccc(C#Cc2ccc3c(c2)[C@]2(C(=O)N3C(=O)OCc3ccc([N+](=O)[O-])cc3)[C@H](c3ccc(OCCO)cc3)N3[C@H](c4ccccc4)[C@H](c4ccccc4)OC(=O)[C@H]3[C@@H]2C(=O)N2CCN(c3ncccn3)CC2)cc1. The summed E-state index contributed by atoms with van der Waals surface area (Å²) in [6, 6.07) is 41.6. The van der Waals surface area contributed by atoms with Crippen molar-refractivity contribution in [1.82, 2.24) is 19.8 Å². The number of nitro groups is 1. The van der Waals surface area contributed by atoms with E-state index in [2.05, 4.69) is 21.8 Å². The molecule has 4 aliphatic heterocycles. The number of ether oxygens (including phenoxy) is 4. The summed E-state index contributed by atoms with van der Waals surface area (Å²) in [5.41, 5.74) is 1.45. The highest BCUT2D eigenvalue weighted by Crippen LogP contribution is 2.66. The Balaban J connectivity index is 1.14. The number of amides is 3. The molecule has 1 N–H and O–H groups in total. The molecule has 4 aliphatic rings. The van der Waals surface area contributed by atoms with Crippen molar-refractivity contribution in [2.75, 3.05) is 56.3 Å². The van der Waals surface area contributed by atoms with Gasteiger partial charge in [-0.2, -0.15) is 0 Å². The number of carbonyl (C=O) groups is 4. The highest BCUT2D eigenvalue weighted by atomic mass is 16.6. The van der Waals surface area contributed by atoms with E-state index in [-0.39, 0.29) is 49.8 Å². The number of benzene rings is 6. The van der Waals surface area contributed by atoms with Crippen molar-refractivity contribution in [3.63, 3.8) is 0 Å². The fourth-order valence-electron chi connectivity index (χ4n) is 11.4. The number of cyclic esters (lactones) is 1. The van der Waals surface area contributed by atoms with Crippen LogP contribution in [-0.4, -0.2) is 106 Å². The van der Waals surface area contributed by atoms with E-state index < -0.39 is 64.4 Å². The Morgan fingerprint density at radius 1 is 0.756 bits per heavy atom. The van der Waals surface area contributed by atoms with E-state index in [1.54, 1.807) is 85.1 Å². The van der Waals surface area contributed by atoms with Crippen LogP contribution in [0.25, 0.3) is 0 Å². The summed E-state index contributed by atoms with van der Waals surface area (Å²) < 4.78 is 23.9. The number of piperazine rings is 1. The van der Waals surface area contributed by atoms with Crippen molar-refractivity contribution in [2.24, 2.45) is 5.92 Å². The molecule has 0 aliphatic carbocycles. The van der Waals surface area contributed by atoms with Crippen LogP contribution in [0.3, 0.4) is 0 Å². The first kappa shape index (κ1) is 50.7. The molecule has 3 amide bonds. The van der Waals surface area contributed by atoms with E-state index in [0.29, 0.717) is 58.4 Å². The number of methoxy groups -OCH3 is 1. The number of anilines is 2. The lowest BCUT2D eigenvalue weighted by atomic mass is 9.65. The quantitative estimate of drug-likeness (QED) is 0.0544. The molecule has 78 heavy (non-hydrogen) atoms. The maximum Gasteiger partial charge on any atom is 0.421 e. The van der Waals surface area contributed by atoms with Gasteiger partial charge in [0, 0.05) is 61.8 Å². The van der Waals surface area contributed by atoms with Gasteiger partial charge in [-0.3, -0.25) is 29.4 Å². The smallest absolute Gasteiger partial charge is 0.421 e. The summed E-state index contributed by atoms with van der Waals surface area (Å²) >= 11 is 0. The summed E-state index contributed by atoms with van der Waals surface area (Å²) in [4.78, 5) is 90.4. The number of hydrogen-bond donors (Lipinski definition) is 1. The van der Waals surface area contributed by atoms with E-state index >= 15 is 19.2 Å². The zero-order valence-corrected chi connectivity index (χ0v) is 42.2. The molecule has 1 aromatic heterocycles. The van der Waals surface area contributed by atoms with Gasteiger partial charge in [-0.1, -0.05) is 84.6 Å². The first-order valence-corrected chi connectivity index (χ1v) is 25.4. The minimum Gasteiger partial charge on any atom is -0.497 e. The summed E-state index contributed by atoms with van der Waals surface area (Å²) in [6.45, 7) is 0.366. The largest absolute Gasteiger partial charge is 0.497 e. The number of esters is 1. The van der Waals surface area contributed by atoms with Gasteiger partial charge < -0.3 is 33.9 Å². The van der Waals surface area contributed by atoms with Crippen molar-refractivity contribution in [3.05, 3.63) is 219 Å². The molecule has 0 unspecified atom stereocenters. The average Bonchev–Trinajstić information content (AvgIpc) is 3.43. The third-order valence-electron chi connectivity index (χ3n) is 14.8. The average molecular weight is 1050 g/mol. The lowest BCUT2D eigenvalue weighted by Crippen LogP contribution is -2.59. The number of non-ortho nitro benzene ring substituents is 1. The Morgan fingerprint density at radius 2 is 1.40 bits per heavy atom. The number of imide groups is 1. The standard InChI is InChI=1S/C60H51N7O11/c1-75-46-24-17-39(18-25-46)13-14-40-19-28-49-48(37-40)60(57(71)65(49)59(72)77-38-41-15-22-45(23-16-41)67(73)74)50(55(69)63-31-33-64(34-32-63)58-61-29-8-30-62-58)52-56(70)78-53(43-11-6-3-7-12-43)51(42-9-4-2-5-10-42)66(52)54(60)44-20-26-47(27-21-44)76-36-35-68/h2-12,15-30,37,50-54,68H,31-36,38H2,1H3/t50-,51-,52-,53+,54+,60-/m1/s1. The third kappa shape index (κ3) is 9.28. The highest BCUT2D eigenvalue weighted by Gasteiger charge is 2.76. The minimum absolute atomic E-state index is 0.00493. The molecule has 0 saturated carbocycles. The van der Waals surface area contributed by atoms with E-state index in [1.165, 1.54) is 24.3 Å². The van der Waals surface area contributed by atoms with Crippen LogP contribution in [0.1, 0.15) is 57.1 Å². The van der Waals surface area contributed by atoms with E-state index in [9.17, 15) is 15.2 Å². The first-order chi connectivity index (χ1) is 38.1. The summed E-state index contributed by atoms with van der Waals surface area (Å²) in [6.07, 6.45) is 1.23. The molecule has 6 aromatic carbocycles. The second-order valence-electron chi connectivity index (χ2n) is 19.1. The number of aromatic nitrogens is 2. The van der Waals surface area contributed by atoms with E-state index in [1.807, 2.05) is 82.6 Å². The molecule has 1 spiro atoms. The van der Waals surface area contributed by atoms with Crippen molar-refractivity contribution in [3.8, 4) is 23.3 Å². The molecule has 0 radical (unpaired) electrons. The van der Waals surface area contributed by atoms with Gasteiger partial charge in [-0.25, -0.2) is 19.7 Å². The second kappa shape index (κ2) is 21.7. The molecular weight excluding hydrogens is 995 g/mol. The van der Waals surface area contributed by atoms with Gasteiger partial charge >= 0.3 is 12.1 Å². The molecule has 0 bridgehead atoms. The predicted molar refractivity (Wildman–Crippen MR) is 284 cm³/mol. The van der Waals surface area contributed by atoms with Crippen molar-refractivity contribution in [2.45, 2.75) is 36.3 Å². The van der Waals surface area contributed by atoms with Gasteiger partial charge in [0.2, 0.25) is 17.8 Å². The topological polar surface area (TPSA) is 207 Å². The zero-order chi connectivity index (χ0) is 53.9. The highest BCUT2D eigenvalue weighted by molar-refractivity contribution is 6.23. The Kier molecular flexibility index (Phi) is 14.1. The fraction of sp³-hybridized carbons (Fsp3) is 0.233. The molecule has 18 heteroatoms. The maximum absolute atomic E-state index is 16.9. The van der Waals surface area contributed by atoms with Crippen LogP contribution in [0.4, 0.5) is 22.1 Å². The molecule has 6 atom stereocenters. The Labute approximate surface area is 448 Å². The van der Waals surface area contributed by atoms with Crippen molar-refractivity contribution < 1.29 is 48.2 Å². The van der Waals surface area contributed by atoms with E-state index in [0.717, 1.165) is 10.5 Å². The van der Waals surface area contributed by atoms with Gasteiger partial charge in [0.05, 0.1) is 42.3 Å². The maximum atomic E-state index is 16.9. The van der Waals surface area contributed by atoms with Crippen LogP contribution in [-0.2, 0) is 35.9 Å². The van der Waals surface area contributed by atoms with Crippen LogP contribution in [0, 0.1) is 27.9 Å². The van der Waals surface area contributed by atoms with E-state index in [4.69, 9.17) is 18.9 Å². The number of hydrogen-bond acceptors (Lipinski definition) is 15. The van der Waals surface area contributed by atoms with Gasteiger partial charge in [-0.15, -0.1) is 0 Å². The zero-order valence-electron chi connectivity index (χ0n) is 42.2. The van der Waals surface area contributed by atoms with Gasteiger partial charge in [0.15, 0.2) is 0 Å². The number of nitrogens with zero attached hydrogens (tertiary/aromatic N) is 7. The fourth-order valence-corrected chi connectivity index (χ4v) is 11.4. The predicted octanol–water partition coefficient (Wildman–Crippen LogP) is 7.52. The van der Waals surface area contributed by atoms with Crippen molar-refractivity contribution >= 4 is 41.2 Å². The van der Waals surface area contributed by atoms with Crippen LogP contribution in [0.5, 0.6) is 11.5 Å². The number of aliphatic hydroxyl groups is 1. The minimum atomic E-state index is -2.12. The van der Waals surface area contributed by atoms with Crippen LogP contribution < -0.4 is 19.3 Å². The Bertz CT molecular complexity index is 3430. The molecule has 3 fully saturated rings. The Morgan fingerprint density at radius 3 is 2.05 bits per heavy atom. The Hall–Kier alpha value is -9.44. The summed E-state index contributed by atoms with van der Waals surface area (Å²) in [5, 5.41) is 21.2. The number of fused-ring (bicyclic) bond motifs is 3. The molecule has 18 nitrogen and oxygen atoms in total. The second-order valence-corrected chi connectivity index (χ2v) is 19.1. The molecular formula is C60H51N7O11. The first-order valence-electron chi connectivity index (χ1n) is 25.4. The lowest BCUT2D eigenvalue weighted by Gasteiger charge is -2.46. The molecule has 11 rings (SSSR count). The van der Waals surface area contributed by atoms with Gasteiger partial charge in [0.25, 0.3) is 5.69 Å². The van der Waals surface area contributed by atoms with Crippen molar-refractivity contribution in [1.29, 1.82) is 0 Å². The molecule has 5 heterocycles. The summed E-state index contributed by atoms with van der Waals surface area (Å²) in [7, 11) is 1.57. The summed E-state index contributed by atoms with van der Waals surface area (Å²) in [5.74, 6) is 4.33. The number of rotatable bonds is 12. The number of aliphatic hydroxyl groups excluding tert-OH is 1. The molecule has 392 valence electrons. The number of carbonyl (C=O) groups excluding carboxylic acids is 4. The number of morpholine rings is 1. The normalized spacial score (nSPS) is 21.5. The molecule has 7 aromatic rings. The van der Waals surface area contributed by atoms with Crippen LogP contribution in [0.15, 0.2) is 170 Å². The lowest BCUT2D eigenvalue weighted by molar-refractivity contribution is -0.384. The molecule has 3 saturated heterocycles. The van der Waals surface area contributed by atoms with Gasteiger partial charge in [0.1, 0.15) is 42.3 Å².